The molecule has 0 aromatic heterocycles. The fraction of sp³-hybridized carbons (Fsp3) is 1.00. The van der Waals surface area contributed by atoms with Crippen molar-refractivity contribution in [3.05, 3.63) is 0 Å². The van der Waals surface area contributed by atoms with Gasteiger partial charge in [0.15, 0.2) is 0 Å². The van der Waals surface area contributed by atoms with Crippen molar-refractivity contribution in [1.82, 2.24) is 15.1 Å². The first-order valence-corrected chi connectivity index (χ1v) is 7.84. The molecule has 0 aromatic carbocycles. The highest BCUT2D eigenvalue weighted by Crippen LogP contribution is 2.22. The monoisotopic (exact) mass is 271 g/mol. The van der Waals surface area contributed by atoms with Crippen LogP contribution in [0.4, 0.5) is 0 Å². The minimum Gasteiger partial charge on any atom is -0.314 e. The Bertz CT molecular complexity index is 221. The molecule has 116 valence electrons. The Labute approximate surface area is 121 Å². The van der Waals surface area contributed by atoms with Crippen LogP contribution >= 0.6 is 0 Å². The van der Waals surface area contributed by atoms with E-state index in [2.05, 4.69) is 70.8 Å². The highest BCUT2D eigenvalue weighted by Gasteiger charge is 2.24. The zero-order chi connectivity index (χ0) is 15.1. The fourth-order valence-corrected chi connectivity index (χ4v) is 2.72. The summed E-state index contributed by atoms with van der Waals surface area (Å²) in [5, 5.41) is 3.64. The van der Waals surface area contributed by atoms with Crippen LogP contribution in [0.15, 0.2) is 0 Å². The molecule has 0 aliphatic carbocycles. The van der Waals surface area contributed by atoms with Crippen LogP contribution in [0.2, 0.25) is 0 Å². The summed E-state index contributed by atoms with van der Waals surface area (Å²) < 4.78 is 0. The van der Waals surface area contributed by atoms with Crippen molar-refractivity contribution in [3.8, 4) is 0 Å². The molecule has 3 heteroatoms. The summed E-state index contributed by atoms with van der Waals surface area (Å²) >= 11 is 0. The number of hydrogen-bond acceptors (Lipinski definition) is 3. The summed E-state index contributed by atoms with van der Waals surface area (Å²) in [5.74, 6) is 0. The Kier molecular flexibility index (Phi) is 8.88. The zero-order valence-corrected chi connectivity index (χ0v) is 14.6. The van der Waals surface area contributed by atoms with Gasteiger partial charge in [-0.15, -0.1) is 0 Å². The molecule has 0 spiro atoms. The van der Waals surface area contributed by atoms with Crippen molar-refractivity contribution in [2.75, 3.05) is 40.3 Å². The topological polar surface area (TPSA) is 18.5 Å². The van der Waals surface area contributed by atoms with E-state index in [0.29, 0.717) is 17.5 Å². The second-order valence-corrected chi connectivity index (χ2v) is 7.00. The Morgan fingerprint density at radius 3 is 2.05 bits per heavy atom. The summed E-state index contributed by atoms with van der Waals surface area (Å²) in [5.41, 5.74) is 0.334. The lowest BCUT2D eigenvalue weighted by Gasteiger charge is -2.35. The van der Waals surface area contributed by atoms with Gasteiger partial charge in [-0.3, -0.25) is 4.90 Å². The molecule has 0 saturated carbocycles. The van der Waals surface area contributed by atoms with Gasteiger partial charge in [0.1, 0.15) is 0 Å². The van der Waals surface area contributed by atoms with Gasteiger partial charge in [-0.25, -0.2) is 0 Å². The van der Waals surface area contributed by atoms with Gasteiger partial charge < -0.3 is 10.2 Å². The van der Waals surface area contributed by atoms with Gasteiger partial charge in [0.05, 0.1) is 0 Å². The smallest absolute Gasteiger partial charge is 0.0194 e. The van der Waals surface area contributed by atoms with Crippen molar-refractivity contribution in [2.24, 2.45) is 5.41 Å². The van der Waals surface area contributed by atoms with Crippen LogP contribution in [0, 0.1) is 5.41 Å². The Morgan fingerprint density at radius 1 is 1.11 bits per heavy atom. The molecule has 0 aromatic rings. The van der Waals surface area contributed by atoms with Gasteiger partial charge in [-0.05, 0) is 52.5 Å². The van der Waals surface area contributed by atoms with E-state index in [-0.39, 0.29) is 0 Å². The highest BCUT2D eigenvalue weighted by molar-refractivity contribution is 4.82. The van der Waals surface area contributed by atoms with Crippen LogP contribution in [0.1, 0.15) is 48.0 Å². The summed E-state index contributed by atoms with van der Waals surface area (Å²) in [6.45, 7) is 18.3. The van der Waals surface area contributed by atoms with E-state index in [0.717, 1.165) is 19.6 Å². The highest BCUT2D eigenvalue weighted by atomic mass is 15.2. The van der Waals surface area contributed by atoms with E-state index in [9.17, 15) is 0 Å². The van der Waals surface area contributed by atoms with Crippen molar-refractivity contribution < 1.29 is 0 Å². The summed E-state index contributed by atoms with van der Waals surface area (Å²) in [6, 6.07) is 1.22. The number of nitrogens with zero attached hydrogens (tertiary/aromatic N) is 2. The van der Waals surface area contributed by atoms with Crippen LogP contribution in [0.5, 0.6) is 0 Å². The SMILES string of the molecule is CCNC(CCN(CC)C(C)CN(C)C)C(C)(C)C. The Hall–Kier alpha value is -0.120. The fourth-order valence-electron chi connectivity index (χ4n) is 2.72. The summed E-state index contributed by atoms with van der Waals surface area (Å²) in [4.78, 5) is 4.87. The third kappa shape index (κ3) is 7.91. The molecule has 3 nitrogen and oxygen atoms in total. The predicted molar refractivity (Wildman–Crippen MR) is 86.8 cm³/mol. The first kappa shape index (κ1) is 18.9. The van der Waals surface area contributed by atoms with Crippen molar-refractivity contribution in [3.63, 3.8) is 0 Å². The van der Waals surface area contributed by atoms with Crippen molar-refractivity contribution in [1.29, 1.82) is 0 Å². The minimum atomic E-state index is 0.334. The van der Waals surface area contributed by atoms with Crippen LogP contribution in [-0.4, -0.2) is 62.2 Å². The molecule has 0 aliphatic rings. The van der Waals surface area contributed by atoms with Gasteiger partial charge in [0.25, 0.3) is 0 Å². The van der Waals surface area contributed by atoms with Crippen molar-refractivity contribution >= 4 is 0 Å². The van der Waals surface area contributed by atoms with E-state index < -0.39 is 0 Å². The quantitative estimate of drug-likeness (QED) is 0.695. The third-order valence-electron chi connectivity index (χ3n) is 3.86. The minimum absolute atomic E-state index is 0.334. The average molecular weight is 271 g/mol. The van der Waals surface area contributed by atoms with Crippen LogP contribution < -0.4 is 5.32 Å². The van der Waals surface area contributed by atoms with Gasteiger partial charge >= 0.3 is 0 Å². The van der Waals surface area contributed by atoms with Crippen LogP contribution in [-0.2, 0) is 0 Å². The van der Waals surface area contributed by atoms with E-state index in [1.54, 1.807) is 0 Å². The molecule has 0 saturated heterocycles. The molecule has 0 fully saturated rings. The standard InChI is InChI=1S/C16H37N3/c1-9-17-15(16(4,5)6)11-12-19(10-2)14(3)13-18(7)8/h14-15,17H,9-13H2,1-8H3. The molecule has 1 N–H and O–H groups in total. The Balaban J connectivity index is 4.37. The molecule has 2 atom stereocenters. The van der Waals surface area contributed by atoms with Gasteiger partial charge in [0.2, 0.25) is 0 Å². The first-order chi connectivity index (χ1) is 8.72. The number of rotatable bonds is 9. The molecule has 0 radical (unpaired) electrons. The Morgan fingerprint density at radius 2 is 1.68 bits per heavy atom. The van der Waals surface area contributed by atoms with Gasteiger partial charge in [-0.1, -0.05) is 34.6 Å². The third-order valence-corrected chi connectivity index (χ3v) is 3.86. The van der Waals surface area contributed by atoms with Crippen LogP contribution in [0.25, 0.3) is 0 Å². The first-order valence-electron chi connectivity index (χ1n) is 7.84. The molecule has 0 bridgehead atoms. The predicted octanol–water partition coefficient (Wildman–Crippen LogP) is 2.67. The summed E-state index contributed by atoms with van der Waals surface area (Å²) in [7, 11) is 4.31. The molecule has 0 amide bonds. The molecule has 19 heavy (non-hydrogen) atoms. The molecular formula is C16H37N3. The lowest BCUT2D eigenvalue weighted by molar-refractivity contribution is 0.156. The molecule has 0 heterocycles. The number of likely N-dealkylation sites (N-methyl/N-ethyl adjacent to an activating group) is 2. The second kappa shape index (κ2) is 8.93. The van der Waals surface area contributed by atoms with Gasteiger partial charge in [-0.2, -0.15) is 0 Å². The molecule has 2 unspecified atom stereocenters. The average Bonchev–Trinajstić information content (AvgIpc) is 2.25. The maximum atomic E-state index is 3.64. The lowest BCUT2D eigenvalue weighted by Crippen LogP contribution is -2.46. The second-order valence-electron chi connectivity index (χ2n) is 7.00. The molecule has 0 rings (SSSR count). The van der Waals surface area contributed by atoms with Crippen LogP contribution in [0.3, 0.4) is 0 Å². The van der Waals surface area contributed by atoms with Crippen molar-refractivity contribution in [2.45, 2.75) is 60.0 Å². The maximum Gasteiger partial charge on any atom is 0.0194 e. The maximum absolute atomic E-state index is 3.64. The molecule has 0 aliphatic heterocycles. The van der Waals surface area contributed by atoms with E-state index in [4.69, 9.17) is 0 Å². The lowest BCUT2D eigenvalue weighted by atomic mass is 9.84. The summed E-state index contributed by atoms with van der Waals surface area (Å²) in [6.07, 6.45) is 1.23. The van der Waals surface area contributed by atoms with E-state index >= 15 is 0 Å². The number of hydrogen-bond donors (Lipinski definition) is 1. The van der Waals surface area contributed by atoms with E-state index in [1.807, 2.05) is 0 Å². The largest absolute Gasteiger partial charge is 0.314 e. The number of nitrogens with one attached hydrogen (secondary N) is 1. The van der Waals surface area contributed by atoms with E-state index in [1.165, 1.54) is 13.0 Å². The zero-order valence-electron chi connectivity index (χ0n) is 14.6. The normalized spacial score (nSPS) is 16.1. The van der Waals surface area contributed by atoms with Gasteiger partial charge in [0, 0.05) is 18.6 Å². The molecular weight excluding hydrogens is 234 g/mol.